The summed E-state index contributed by atoms with van der Waals surface area (Å²) in [7, 11) is 0. The largest absolute Gasteiger partial charge is 0.361 e. The summed E-state index contributed by atoms with van der Waals surface area (Å²) in [5.41, 5.74) is 2.05. The van der Waals surface area contributed by atoms with Crippen LogP contribution in [0, 0.1) is 17.0 Å². The topological polar surface area (TPSA) is 80.1 Å². The van der Waals surface area contributed by atoms with Crippen molar-refractivity contribution in [2.45, 2.75) is 13.3 Å². The Morgan fingerprint density at radius 1 is 1.56 bits per heavy atom. The van der Waals surface area contributed by atoms with Crippen LogP contribution in [-0.2, 0) is 0 Å². The van der Waals surface area contributed by atoms with Gasteiger partial charge in [0, 0.05) is 24.8 Å². The van der Waals surface area contributed by atoms with E-state index in [1.165, 1.54) is 11.6 Å². The van der Waals surface area contributed by atoms with Crippen molar-refractivity contribution in [1.29, 1.82) is 0 Å². The highest BCUT2D eigenvalue weighted by molar-refractivity contribution is 5.56. The van der Waals surface area contributed by atoms with Crippen LogP contribution in [0.3, 0.4) is 0 Å². The van der Waals surface area contributed by atoms with Crippen LogP contribution >= 0.6 is 0 Å². The number of pyridine rings is 1. The van der Waals surface area contributed by atoms with Gasteiger partial charge in [-0.25, -0.2) is 4.98 Å². The first-order valence-corrected chi connectivity index (χ1v) is 5.91. The standard InChI is InChI=1S/C12H16N4O2/c1-9-2-3-11(16(17)18)12(15-9)14-8-10-4-6-13-7-5-10/h2-4,13H,5-8H2,1H3,(H,14,15). The van der Waals surface area contributed by atoms with Crippen LogP contribution < -0.4 is 10.6 Å². The summed E-state index contributed by atoms with van der Waals surface area (Å²) in [6.07, 6.45) is 3.07. The summed E-state index contributed by atoms with van der Waals surface area (Å²) in [5, 5.41) is 17.2. The van der Waals surface area contributed by atoms with Gasteiger partial charge in [0.05, 0.1) is 4.92 Å². The Bertz CT molecular complexity index is 485. The molecule has 6 nitrogen and oxygen atoms in total. The van der Waals surface area contributed by atoms with Crippen LogP contribution in [0.25, 0.3) is 0 Å². The number of anilines is 1. The van der Waals surface area contributed by atoms with E-state index in [2.05, 4.69) is 21.7 Å². The summed E-state index contributed by atoms with van der Waals surface area (Å²) < 4.78 is 0. The van der Waals surface area contributed by atoms with E-state index in [0.717, 1.165) is 25.2 Å². The van der Waals surface area contributed by atoms with Crippen molar-refractivity contribution in [3.63, 3.8) is 0 Å². The molecule has 0 spiro atoms. The molecule has 2 heterocycles. The van der Waals surface area contributed by atoms with E-state index < -0.39 is 4.92 Å². The number of nitrogens with zero attached hydrogens (tertiary/aromatic N) is 2. The van der Waals surface area contributed by atoms with Gasteiger partial charge in [0.1, 0.15) is 0 Å². The van der Waals surface area contributed by atoms with Crippen molar-refractivity contribution < 1.29 is 4.92 Å². The van der Waals surface area contributed by atoms with Crippen molar-refractivity contribution in [1.82, 2.24) is 10.3 Å². The number of aryl methyl sites for hydroxylation is 1. The molecule has 1 aromatic heterocycles. The molecule has 2 N–H and O–H groups in total. The number of nitro groups is 1. The minimum Gasteiger partial charge on any atom is -0.361 e. The molecule has 0 saturated heterocycles. The minimum absolute atomic E-state index is 0.0233. The summed E-state index contributed by atoms with van der Waals surface area (Å²) >= 11 is 0. The molecular formula is C12H16N4O2. The fraction of sp³-hybridized carbons (Fsp3) is 0.417. The fourth-order valence-corrected chi connectivity index (χ4v) is 1.85. The molecule has 96 valence electrons. The van der Waals surface area contributed by atoms with E-state index >= 15 is 0 Å². The molecule has 0 radical (unpaired) electrons. The van der Waals surface area contributed by atoms with Crippen molar-refractivity contribution in [2.75, 3.05) is 25.0 Å². The fourth-order valence-electron chi connectivity index (χ4n) is 1.85. The van der Waals surface area contributed by atoms with Gasteiger partial charge < -0.3 is 10.6 Å². The van der Waals surface area contributed by atoms with E-state index in [1.807, 2.05) is 6.92 Å². The van der Waals surface area contributed by atoms with E-state index in [9.17, 15) is 10.1 Å². The van der Waals surface area contributed by atoms with Gasteiger partial charge in [-0.15, -0.1) is 0 Å². The smallest absolute Gasteiger partial charge is 0.311 e. The lowest BCUT2D eigenvalue weighted by molar-refractivity contribution is -0.384. The maximum Gasteiger partial charge on any atom is 0.311 e. The lowest BCUT2D eigenvalue weighted by Gasteiger charge is -2.15. The summed E-state index contributed by atoms with van der Waals surface area (Å²) in [6, 6.07) is 3.13. The second-order valence-electron chi connectivity index (χ2n) is 4.25. The molecule has 0 bridgehead atoms. The van der Waals surface area contributed by atoms with Gasteiger partial charge in [0.2, 0.25) is 5.82 Å². The Kier molecular flexibility index (Phi) is 3.88. The zero-order valence-corrected chi connectivity index (χ0v) is 10.3. The SMILES string of the molecule is Cc1ccc([N+](=O)[O-])c(NCC2=CCNCC2)n1. The molecule has 2 rings (SSSR count). The number of hydrogen-bond acceptors (Lipinski definition) is 5. The summed E-state index contributed by atoms with van der Waals surface area (Å²) in [4.78, 5) is 14.7. The van der Waals surface area contributed by atoms with Gasteiger partial charge in [-0.1, -0.05) is 11.6 Å². The third kappa shape index (κ3) is 3.04. The quantitative estimate of drug-likeness (QED) is 0.481. The predicted octanol–water partition coefficient (Wildman–Crippen LogP) is 1.63. The molecule has 18 heavy (non-hydrogen) atoms. The highest BCUT2D eigenvalue weighted by atomic mass is 16.6. The van der Waals surface area contributed by atoms with E-state index in [4.69, 9.17) is 0 Å². The molecule has 0 aliphatic carbocycles. The number of hydrogen-bond donors (Lipinski definition) is 2. The van der Waals surface area contributed by atoms with Gasteiger partial charge in [-0.2, -0.15) is 0 Å². The zero-order valence-electron chi connectivity index (χ0n) is 10.3. The molecule has 1 aliphatic rings. The molecule has 0 aromatic carbocycles. The van der Waals surface area contributed by atoms with E-state index in [-0.39, 0.29) is 5.69 Å². The van der Waals surface area contributed by atoms with E-state index in [1.54, 1.807) is 6.07 Å². The second-order valence-corrected chi connectivity index (χ2v) is 4.25. The van der Waals surface area contributed by atoms with Crippen molar-refractivity contribution in [2.24, 2.45) is 0 Å². The predicted molar refractivity (Wildman–Crippen MR) is 69.7 cm³/mol. The van der Waals surface area contributed by atoms with Gasteiger partial charge in [-0.05, 0) is 26.0 Å². The van der Waals surface area contributed by atoms with E-state index in [0.29, 0.717) is 12.4 Å². The van der Waals surface area contributed by atoms with Crippen LogP contribution in [0.1, 0.15) is 12.1 Å². The Hall–Kier alpha value is -1.95. The van der Waals surface area contributed by atoms with Gasteiger partial charge in [0.15, 0.2) is 0 Å². The molecule has 0 fully saturated rings. The Labute approximate surface area is 105 Å². The highest BCUT2D eigenvalue weighted by Gasteiger charge is 2.15. The molecule has 1 aromatic rings. The van der Waals surface area contributed by atoms with Crippen LogP contribution in [0.4, 0.5) is 11.5 Å². The third-order valence-corrected chi connectivity index (χ3v) is 2.85. The maximum atomic E-state index is 10.9. The molecular weight excluding hydrogens is 232 g/mol. The summed E-state index contributed by atoms with van der Waals surface area (Å²) in [5.74, 6) is 0.347. The first-order chi connectivity index (χ1) is 8.66. The second kappa shape index (κ2) is 5.59. The van der Waals surface area contributed by atoms with Gasteiger partial charge in [-0.3, -0.25) is 10.1 Å². The Morgan fingerprint density at radius 3 is 3.06 bits per heavy atom. The molecule has 0 saturated carbocycles. The number of aromatic nitrogens is 1. The first-order valence-electron chi connectivity index (χ1n) is 5.91. The molecule has 1 aliphatic heterocycles. The zero-order chi connectivity index (χ0) is 13.0. The van der Waals surface area contributed by atoms with Crippen LogP contribution in [-0.4, -0.2) is 29.5 Å². The third-order valence-electron chi connectivity index (χ3n) is 2.85. The first kappa shape index (κ1) is 12.5. The minimum atomic E-state index is -0.411. The maximum absolute atomic E-state index is 10.9. The lowest BCUT2D eigenvalue weighted by atomic mass is 10.1. The molecule has 6 heteroatoms. The molecule has 0 atom stereocenters. The van der Waals surface area contributed by atoms with Crippen molar-refractivity contribution in [3.8, 4) is 0 Å². The number of nitrogens with one attached hydrogen (secondary N) is 2. The average molecular weight is 248 g/mol. The monoisotopic (exact) mass is 248 g/mol. The van der Waals surface area contributed by atoms with Crippen LogP contribution in [0.2, 0.25) is 0 Å². The lowest BCUT2D eigenvalue weighted by Crippen LogP contribution is -2.23. The molecule has 0 unspecified atom stereocenters. The van der Waals surface area contributed by atoms with Crippen molar-refractivity contribution >= 4 is 11.5 Å². The Morgan fingerprint density at radius 2 is 2.39 bits per heavy atom. The van der Waals surface area contributed by atoms with Crippen LogP contribution in [0.5, 0.6) is 0 Å². The molecule has 0 amide bonds. The van der Waals surface area contributed by atoms with Gasteiger partial charge in [0.25, 0.3) is 0 Å². The van der Waals surface area contributed by atoms with Crippen LogP contribution in [0.15, 0.2) is 23.8 Å². The number of rotatable bonds is 4. The average Bonchev–Trinajstić information content (AvgIpc) is 2.37. The normalized spacial score (nSPS) is 15.1. The highest BCUT2D eigenvalue weighted by Crippen LogP contribution is 2.22. The van der Waals surface area contributed by atoms with Gasteiger partial charge >= 0.3 is 5.69 Å². The summed E-state index contributed by atoms with van der Waals surface area (Å²) in [6.45, 7) is 4.24. The Balaban J connectivity index is 2.10. The van der Waals surface area contributed by atoms with Crippen molar-refractivity contribution in [3.05, 3.63) is 39.6 Å².